The summed E-state index contributed by atoms with van der Waals surface area (Å²) in [6, 6.07) is 1.21. The van der Waals surface area contributed by atoms with Crippen LogP contribution in [0.15, 0.2) is 0 Å². The van der Waals surface area contributed by atoms with Crippen LogP contribution in [0.3, 0.4) is 0 Å². The number of morpholine rings is 1. The molecule has 0 radical (unpaired) electrons. The van der Waals surface area contributed by atoms with E-state index in [4.69, 9.17) is 4.74 Å². The molecule has 0 aromatic carbocycles. The van der Waals surface area contributed by atoms with Gasteiger partial charge in [0.1, 0.15) is 0 Å². The van der Waals surface area contributed by atoms with Gasteiger partial charge in [-0.1, -0.05) is 6.92 Å². The van der Waals surface area contributed by atoms with Crippen molar-refractivity contribution < 1.29 is 4.74 Å². The fraction of sp³-hybridized carbons (Fsp3) is 1.00. The highest BCUT2D eigenvalue weighted by Crippen LogP contribution is 2.16. The molecule has 3 heteroatoms. The highest BCUT2D eigenvalue weighted by Gasteiger charge is 2.27. The topological polar surface area (TPSA) is 24.5 Å². The summed E-state index contributed by atoms with van der Waals surface area (Å²) in [6.07, 6.45) is 1.59. The monoisotopic (exact) mass is 200 g/mol. The number of nitrogens with zero attached hydrogens (tertiary/aromatic N) is 1. The predicted molar refractivity (Wildman–Crippen MR) is 59.6 cm³/mol. The third kappa shape index (κ3) is 2.94. The quantitative estimate of drug-likeness (QED) is 0.735. The van der Waals surface area contributed by atoms with E-state index in [2.05, 4.69) is 31.0 Å². The highest BCUT2D eigenvalue weighted by atomic mass is 16.5. The van der Waals surface area contributed by atoms with Gasteiger partial charge in [-0.3, -0.25) is 4.90 Å². The van der Waals surface area contributed by atoms with E-state index in [1.807, 2.05) is 7.05 Å². The molecule has 3 atom stereocenters. The summed E-state index contributed by atoms with van der Waals surface area (Å²) in [5.41, 5.74) is 0. The Morgan fingerprint density at radius 1 is 1.50 bits per heavy atom. The number of likely N-dealkylation sites (N-methyl/N-ethyl adjacent to an activating group) is 1. The first-order valence-electron chi connectivity index (χ1n) is 5.71. The molecule has 0 spiro atoms. The van der Waals surface area contributed by atoms with Crippen LogP contribution in [0.2, 0.25) is 0 Å². The zero-order valence-electron chi connectivity index (χ0n) is 9.92. The molecule has 1 aliphatic rings. The van der Waals surface area contributed by atoms with Crippen molar-refractivity contribution in [1.82, 2.24) is 10.2 Å². The molecule has 3 unspecified atom stereocenters. The smallest absolute Gasteiger partial charge is 0.0674 e. The molecular formula is C11H24N2O. The lowest BCUT2D eigenvalue weighted by Crippen LogP contribution is -2.54. The average Bonchev–Trinajstić information content (AvgIpc) is 2.18. The maximum atomic E-state index is 5.63. The van der Waals surface area contributed by atoms with Crippen LogP contribution in [-0.2, 0) is 4.74 Å². The molecule has 1 rings (SSSR count). The van der Waals surface area contributed by atoms with Crippen molar-refractivity contribution in [1.29, 1.82) is 0 Å². The van der Waals surface area contributed by atoms with Gasteiger partial charge < -0.3 is 10.1 Å². The molecule has 84 valence electrons. The van der Waals surface area contributed by atoms with Crippen molar-refractivity contribution in [3.8, 4) is 0 Å². The Balaban J connectivity index is 2.52. The minimum Gasteiger partial charge on any atom is -0.376 e. The number of hydrogen-bond acceptors (Lipinski definition) is 3. The zero-order chi connectivity index (χ0) is 10.6. The van der Waals surface area contributed by atoms with Gasteiger partial charge in [-0.05, 0) is 27.3 Å². The summed E-state index contributed by atoms with van der Waals surface area (Å²) in [4.78, 5) is 2.57. The van der Waals surface area contributed by atoms with Crippen molar-refractivity contribution in [2.75, 3.05) is 26.7 Å². The summed E-state index contributed by atoms with van der Waals surface area (Å²) in [7, 11) is 2.03. The van der Waals surface area contributed by atoms with E-state index in [-0.39, 0.29) is 0 Å². The first kappa shape index (κ1) is 12.0. The maximum absolute atomic E-state index is 5.63. The largest absolute Gasteiger partial charge is 0.376 e. The van der Waals surface area contributed by atoms with Crippen LogP contribution in [0.4, 0.5) is 0 Å². The maximum Gasteiger partial charge on any atom is 0.0674 e. The van der Waals surface area contributed by atoms with Gasteiger partial charge in [0.05, 0.1) is 12.7 Å². The molecule has 1 fully saturated rings. The number of hydrogen-bond donors (Lipinski definition) is 1. The van der Waals surface area contributed by atoms with Gasteiger partial charge in [0, 0.05) is 25.2 Å². The van der Waals surface area contributed by atoms with Crippen molar-refractivity contribution in [3.63, 3.8) is 0 Å². The van der Waals surface area contributed by atoms with Crippen LogP contribution in [0.1, 0.15) is 27.2 Å². The lowest BCUT2D eigenvalue weighted by molar-refractivity contribution is -0.0659. The molecule has 3 nitrogen and oxygen atoms in total. The lowest BCUT2D eigenvalue weighted by Gasteiger charge is -2.41. The predicted octanol–water partition coefficient (Wildman–Crippen LogP) is 1.09. The van der Waals surface area contributed by atoms with E-state index in [1.165, 1.54) is 6.42 Å². The van der Waals surface area contributed by atoms with E-state index < -0.39 is 0 Å². The van der Waals surface area contributed by atoms with E-state index in [9.17, 15) is 0 Å². The Hall–Kier alpha value is -0.120. The van der Waals surface area contributed by atoms with Crippen molar-refractivity contribution in [2.24, 2.45) is 0 Å². The molecule has 1 aliphatic heterocycles. The Labute approximate surface area is 87.8 Å². The van der Waals surface area contributed by atoms with Crippen LogP contribution in [0.25, 0.3) is 0 Å². The third-order valence-corrected chi connectivity index (χ3v) is 3.04. The molecule has 0 bridgehead atoms. The summed E-state index contributed by atoms with van der Waals surface area (Å²) in [6.45, 7) is 9.69. The standard InChI is InChI=1S/C11H24N2O/c1-5-11(6-12-4)13-7-10(3)14-8-9(13)2/h9-12H,5-8H2,1-4H3. The number of rotatable bonds is 4. The van der Waals surface area contributed by atoms with E-state index in [1.54, 1.807) is 0 Å². The van der Waals surface area contributed by atoms with Crippen molar-refractivity contribution in [2.45, 2.75) is 45.4 Å². The first-order chi connectivity index (χ1) is 6.69. The van der Waals surface area contributed by atoms with E-state index in [0.717, 1.165) is 19.7 Å². The molecule has 14 heavy (non-hydrogen) atoms. The van der Waals surface area contributed by atoms with Gasteiger partial charge in [-0.25, -0.2) is 0 Å². The molecule has 0 amide bonds. The summed E-state index contributed by atoms with van der Waals surface area (Å²) in [5, 5.41) is 3.27. The molecular weight excluding hydrogens is 176 g/mol. The Bertz CT molecular complexity index is 163. The zero-order valence-corrected chi connectivity index (χ0v) is 9.92. The minimum atomic E-state index is 0.386. The molecule has 1 saturated heterocycles. The summed E-state index contributed by atoms with van der Waals surface area (Å²) < 4.78 is 5.63. The Kier molecular flexibility index (Phi) is 4.85. The molecule has 0 saturated carbocycles. The lowest BCUT2D eigenvalue weighted by atomic mass is 10.1. The highest BCUT2D eigenvalue weighted by molar-refractivity contribution is 4.82. The minimum absolute atomic E-state index is 0.386. The fourth-order valence-electron chi connectivity index (χ4n) is 2.17. The van der Waals surface area contributed by atoms with Gasteiger partial charge in [-0.2, -0.15) is 0 Å². The molecule has 0 aromatic rings. The van der Waals surface area contributed by atoms with Gasteiger partial charge >= 0.3 is 0 Å². The Morgan fingerprint density at radius 3 is 2.79 bits per heavy atom. The Morgan fingerprint density at radius 2 is 2.21 bits per heavy atom. The second-order valence-electron chi connectivity index (χ2n) is 4.31. The van der Waals surface area contributed by atoms with Gasteiger partial charge in [0.15, 0.2) is 0 Å². The normalized spacial score (nSPS) is 31.7. The molecule has 1 N–H and O–H groups in total. The van der Waals surface area contributed by atoms with Crippen LogP contribution < -0.4 is 5.32 Å². The van der Waals surface area contributed by atoms with Crippen molar-refractivity contribution in [3.05, 3.63) is 0 Å². The number of nitrogens with one attached hydrogen (secondary N) is 1. The van der Waals surface area contributed by atoms with Gasteiger partial charge in [0.2, 0.25) is 0 Å². The molecule has 0 aromatic heterocycles. The van der Waals surface area contributed by atoms with Gasteiger partial charge in [-0.15, -0.1) is 0 Å². The summed E-state index contributed by atoms with van der Waals surface area (Å²) >= 11 is 0. The fourth-order valence-corrected chi connectivity index (χ4v) is 2.17. The van der Waals surface area contributed by atoms with Gasteiger partial charge in [0.25, 0.3) is 0 Å². The van der Waals surface area contributed by atoms with Crippen LogP contribution in [-0.4, -0.2) is 49.8 Å². The second kappa shape index (κ2) is 5.69. The first-order valence-corrected chi connectivity index (χ1v) is 5.71. The SMILES string of the molecule is CCC(CNC)N1CC(C)OCC1C. The molecule has 0 aliphatic carbocycles. The van der Waals surface area contributed by atoms with Crippen LogP contribution in [0, 0.1) is 0 Å². The van der Waals surface area contributed by atoms with Crippen molar-refractivity contribution >= 4 is 0 Å². The third-order valence-electron chi connectivity index (χ3n) is 3.04. The van der Waals surface area contributed by atoms with Crippen LogP contribution in [0.5, 0.6) is 0 Å². The number of ether oxygens (including phenoxy) is 1. The van der Waals surface area contributed by atoms with E-state index in [0.29, 0.717) is 18.2 Å². The van der Waals surface area contributed by atoms with Crippen LogP contribution >= 0.6 is 0 Å². The van der Waals surface area contributed by atoms with E-state index >= 15 is 0 Å². The summed E-state index contributed by atoms with van der Waals surface area (Å²) in [5.74, 6) is 0. The average molecular weight is 200 g/mol. The second-order valence-corrected chi connectivity index (χ2v) is 4.31. The molecule has 1 heterocycles.